The van der Waals surface area contributed by atoms with Gasteiger partial charge in [0.15, 0.2) is 0 Å². The molecule has 1 heteroatoms. The molecule has 1 fully saturated rings. The van der Waals surface area contributed by atoms with Crippen molar-refractivity contribution in [1.82, 2.24) is 5.32 Å². The molecule has 2 rings (SSSR count). The van der Waals surface area contributed by atoms with Crippen LogP contribution in [0.3, 0.4) is 0 Å². The molecule has 1 nitrogen and oxygen atoms in total. The molecule has 0 radical (unpaired) electrons. The van der Waals surface area contributed by atoms with Crippen LogP contribution in [0.2, 0.25) is 0 Å². The van der Waals surface area contributed by atoms with Crippen molar-refractivity contribution in [2.45, 2.75) is 45.7 Å². The Hall–Kier alpha value is -0.820. The first-order chi connectivity index (χ1) is 7.24. The van der Waals surface area contributed by atoms with Crippen LogP contribution in [0.5, 0.6) is 0 Å². The third-order valence-electron chi connectivity index (χ3n) is 3.12. The quantitative estimate of drug-likeness (QED) is 0.774. The monoisotopic (exact) mass is 203 g/mol. The first-order valence-electron chi connectivity index (χ1n) is 6.03. The van der Waals surface area contributed by atoms with Crippen molar-refractivity contribution in [1.29, 1.82) is 0 Å². The smallest absolute Gasteiger partial charge is 0.0208 e. The van der Waals surface area contributed by atoms with E-state index < -0.39 is 0 Å². The lowest BCUT2D eigenvalue weighted by atomic mass is 10.1. The molecule has 0 bridgehead atoms. The minimum atomic E-state index is 0.665. The molecule has 1 N–H and O–H groups in total. The maximum absolute atomic E-state index is 3.60. The third-order valence-corrected chi connectivity index (χ3v) is 3.12. The fourth-order valence-electron chi connectivity index (χ4n) is 2.05. The second-order valence-corrected chi connectivity index (χ2v) is 4.95. The molecule has 0 saturated heterocycles. The van der Waals surface area contributed by atoms with E-state index >= 15 is 0 Å². The van der Waals surface area contributed by atoms with Gasteiger partial charge in [0.1, 0.15) is 0 Å². The van der Waals surface area contributed by atoms with E-state index in [4.69, 9.17) is 0 Å². The molecule has 0 aromatic heterocycles. The van der Waals surface area contributed by atoms with Crippen molar-refractivity contribution in [3.8, 4) is 0 Å². The molecule has 1 aliphatic rings. The zero-order valence-electron chi connectivity index (χ0n) is 9.79. The molecule has 1 aromatic carbocycles. The first-order valence-corrected chi connectivity index (χ1v) is 6.03. The van der Waals surface area contributed by atoms with E-state index in [2.05, 4.69) is 43.4 Å². The lowest BCUT2D eigenvalue weighted by Crippen LogP contribution is -2.25. The van der Waals surface area contributed by atoms with E-state index in [1.807, 2.05) is 0 Å². The second-order valence-electron chi connectivity index (χ2n) is 4.95. The molecule has 1 atom stereocenters. The summed E-state index contributed by atoms with van der Waals surface area (Å²) in [5.41, 5.74) is 2.75. The van der Waals surface area contributed by atoms with Crippen LogP contribution in [0.1, 0.15) is 37.3 Å². The van der Waals surface area contributed by atoms with Crippen LogP contribution < -0.4 is 5.32 Å². The summed E-state index contributed by atoms with van der Waals surface area (Å²) >= 11 is 0. The highest BCUT2D eigenvalue weighted by atomic mass is 14.9. The first kappa shape index (κ1) is 10.7. The van der Waals surface area contributed by atoms with Crippen LogP contribution in [0.15, 0.2) is 24.3 Å². The molecule has 82 valence electrons. The summed E-state index contributed by atoms with van der Waals surface area (Å²) in [7, 11) is 0. The van der Waals surface area contributed by atoms with Crippen molar-refractivity contribution in [3.63, 3.8) is 0 Å². The van der Waals surface area contributed by atoms with E-state index in [9.17, 15) is 0 Å². The van der Waals surface area contributed by atoms with Crippen molar-refractivity contribution in [3.05, 3.63) is 35.4 Å². The van der Waals surface area contributed by atoms with Gasteiger partial charge in [-0.3, -0.25) is 0 Å². The summed E-state index contributed by atoms with van der Waals surface area (Å²) in [4.78, 5) is 0. The number of hydrogen-bond donors (Lipinski definition) is 1. The van der Waals surface area contributed by atoms with Crippen molar-refractivity contribution in [2.24, 2.45) is 5.92 Å². The molecule has 15 heavy (non-hydrogen) atoms. The Kier molecular flexibility index (Phi) is 3.42. The second kappa shape index (κ2) is 4.80. The molecule has 0 spiro atoms. The Balaban J connectivity index is 1.76. The summed E-state index contributed by atoms with van der Waals surface area (Å²) in [5, 5.41) is 3.60. The van der Waals surface area contributed by atoms with E-state index in [0.717, 1.165) is 12.5 Å². The Morgan fingerprint density at radius 3 is 2.87 bits per heavy atom. The summed E-state index contributed by atoms with van der Waals surface area (Å²) < 4.78 is 0. The molecular weight excluding hydrogens is 182 g/mol. The van der Waals surface area contributed by atoms with Crippen LogP contribution in [0.25, 0.3) is 0 Å². The zero-order valence-corrected chi connectivity index (χ0v) is 9.79. The van der Waals surface area contributed by atoms with Crippen LogP contribution in [-0.4, -0.2) is 6.04 Å². The van der Waals surface area contributed by atoms with Crippen molar-refractivity contribution >= 4 is 0 Å². The fourth-order valence-corrected chi connectivity index (χ4v) is 2.05. The van der Waals surface area contributed by atoms with E-state index in [1.54, 1.807) is 0 Å². The lowest BCUT2D eigenvalue weighted by Gasteiger charge is -2.13. The fraction of sp³-hybridized carbons (Fsp3) is 0.571. The predicted octanol–water partition coefficient (Wildman–Crippen LogP) is 3.27. The molecule has 1 unspecified atom stereocenters. The zero-order chi connectivity index (χ0) is 10.7. The maximum atomic E-state index is 3.60. The van der Waals surface area contributed by atoms with Gasteiger partial charge in [0, 0.05) is 12.6 Å². The summed E-state index contributed by atoms with van der Waals surface area (Å²) in [6, 6.07) is 9.41. The van der Waals surface area contributed by atoms with Crippen LogP contribution in [-0.2, 0) is 6.54 Å². The van der Waals surface area contributed by atoms with Gasteiger partial charge >= 0.3 is 0 Å². The van der Waals surface area contributed by atoms with Crippen molar-refractivity contribution in [2.75, 3.05) is 0 Å². The average molecular weight is 203 g/mol. The lowest BCUT2D eigenvalue weighted by molar-refractivity contribution is 0.487. The molecule has 1 aliphatic carbocycles. The highest BCUT2D eigenvalue weighted by molar-refractivity contribution is 5.21. The van der Waals surface area contributed by atoms with Gasteiger partial charge in [-0.15, -0.1) is 0 Å². The van der Waals surface area contributed by atoms with Gasteiger partial charge in [0.05, 0.1) is 0 Å². The van der Waals surface area contributed by atoms with Gasteiger partial charge in [0.25, 0.3) is 0 Å². The number of rotatable bonds is 5. The van der Waals surface area contributed by atoms with Crippen LogP contribution in [0, 0.1) is 12.8 Å². The normalized spacial score (nSPS) is 17.7. The number of hydrogen-bond acceptors (Lipinski definition) is 1. The Morgan fingerprint density at radius 2 is 2.20 bits per heavy atom. The van der Waals surface area contributed by atoms with E-state index in [1.165, 1.54) is 30.4 Å². The van der Waals surface area contributed by atoms with Gasteiger partial charge in [0.2, 0.25) is 0 Å². The third kappa shape index (κ3) is 3.67. The topological polar surface area (TPSA) is 12.0 Å². The minimum Gasteiger partial charge on any atom is -0.310 e. The summed E-state index contributed by atoms with van der Waals surface area (Å²) in [5.74, 6) is 1.02. The van der Waals surface area contributed by atoms with Gasteiger partial charge in [-0.05, 0) is 31.7 Å². The van der Waals surface area contributed by atoms with Gasteiger partial charge in [-0.25, -0.2) is 0 Å². The standard InChI is InChI=1S/C14H21N/c1-11-4-3-5-14(8-11)10-15-12(2)9-13-6-7-13/h3-5,8,12-13,15H,6-7,9-10H2,1-2H3. The van der Waals surface area contributed by atoms with Gasteiger partial charge < -0.3 is 5.32 Å². The van der Waals surface area contributed by atoms with Crippen LogP contribution in [0.4, 0.5) is 0 Å². The van der Waals surface area contributed by atoms with E-state index in [-0.39, 0.29) is 0 Å². The summed E-state index contributed by atoms with van der Waals surface area (Å²) in [6.07, 6.45) is 4.26. The summed E-state index contributed by atoms with van der Waals surface area (Å²) in [6.45, 7) is 5.46. The van der Waals surface area contributed by atoms with Crippen molar-refractivity contribution < 1.29 is 0 Å². The predicted molar refractivity (Wildman–Crippen MR) is 64.8 cm³/mol. The Morgan fingerprint density at radius 1 is 1.40 bits per heavy atom. The molecular formula is C14H21N. The molecule has 0 amide bonds. The average Bonchev–Trinajstić information content (AvgIpc) is 2.99. The number of benzene rings is 1. The molecule has 0 aliphatic heterocycles. The van der Waals surface area contributed by atoms with E-state index in [0.29, 0.717) is 6.04 Å². The molecule has 0 heterocycles. The highest BCUT2D eigenvalue weighted by Gasteiger charge is 2.23. The minimum absolute atomic E-state index is 0.665. The Bertz CT molecular complexity index is 315. The Labute approximate surface area is 92.9 Å². The SMILES string of the molecule is Cc1cccc(CNC(C)CC2CC2)c1. The maximum Gasteiger partial charge on any atom is 0.0208 e. The molecule has 1 aromatic rings. The van der Waals surface area contributed by atoms with Gasteiger partial charge in [-0.1, -0.05) is 42.7 Å². The van der Waals surface area contributed by atoms with Crippen LogP contribution >= 0.6 is 0 Å². The largest absolute Gasteiger partial charge is 0.310 e. The highest BCUT2D eigenvalue weighted by Crippen LogP contribution is 2.33. The number of nitrogens with one attached hydrogen (secondary N) is 1. The molecule has 1 saturated carbocycles. The van der Waals surface area contributed by atoms with Gasteiger partial charge in [-0.2, -0.15) is 0 Å². The number of aryl methyl sites for hydroxylation is 1.